The summed E-state index contributed by atoms with van der Waals surface area (Å²) in [6.45, 7) is 2.11. The van der Waals surface area contributed by atoms with Gasteiger partial charge in [-0.2, -0.15) is 0 Å². The maximum atomic E-state index is 13.5. The molecule has 110 valence electrons. The summed E-state index contributed by atoms with van der Waals surface area (Å²) in [5, 5.41) is 3.34. The number of primary amides is 1. The molecule has 0 saturated heterocycles. The van der Waals surface area contributed by atoms with Crippen LogP contribution in [-0.2, 0) is 0 Å². The third-order valence-electron chi connectivity index (χ3n) is 3.35. The van der Waals surface area contributed by atoms with Gasteiger partial charge in [-0.3, -0.25) is 4.79 Å². The Morgan fingerprint density at radius 1 is 1.24 bits per heavy atom. The monoisotopic (exact) mass is 286 g/mol. The van der Waals surface area contributed by atoms with Crippen LogP contribution in [0.3, 0.4) is 0 Å². The van der Waals surface area contributed by atoms with Gasteiger partial charge in [0.15, 0.2) is 0 Å². The Hall–Kier alpha value is -2.36. The first kappa shape index (κ1) is 15.0. The van der Waals surface area contributed by atoms with Crippen LogP contribution in [-0.4, -0.2) is 5.91 Å². The molecule has 0 spiro atoms. The van der Waals surface area contributed by atoms with Crippen molar-refractivity contribution in [2.75, 3.05) is 5.32 Å². The fourth-order valence-electron chi connectivity index (χ4n) is 2.30. The van der Waals surface area contributed by atoms with Gasteiger partial charge in [0.2, 0.25) is 0 Å². The van der Waals surface area contributed by atoms with Gasteiger partial charge in [-0.05, 0) is 30.2 Å². The lowest BCUT2D eigenvalue weighted by atomic mass is 10.0. The standard InChI is InChI=1S/C17H19FN2O/c1-2-6-16(12-7-4-3-5-8-12)20-13-9-10-15(18)14(11-13)17(19)21/h3-5,7-11,16,20H,2,6H2,1H3,(H2,19,21). The van der Waals surface area contributed by atoms with Gasteiger partial charge >= 0.3 is 0 Å². The highest BCUT2D eigenvalue weighted by atomic mass is 19.1. The normalized spacial score (nSPS) is 11.9. The third kappa shape index (κ3) is 3.81. The van der Waals surface area contributed by atoms with E-state index >= 15 is 0 Å². The van der Waals surface area contributed by atoms with Crippen molar-refractivity contribution in [3.63, 3.8) is 0 Å². The number of anilines is 1. The molecule has 3 N–H and O–H groups in total. The van der Waals surface area contributed by atoms with Gasteiger partial charge in [-0.25, -0.2) is 4.39 Å². The van der Waals surface area contributed by atoms with Crippen molar-refractivity contribution in [1.82, 2.24) is 0 Å². The lowest BCUT2D eigenvalue weighted by Crippen LogP contribution is -2.15. The van der Waals surface area contributed by atoms with E-state index in [1.807, 2.05) is 30.3 Å². The number of hydrogen-bond acceptors (Lipinski definition) is 2. The molecule has 0 aliphatic carbocycles. The summed E-state index contributed by atoms with van der Waals surface area (Å²) in [7, 11) is 0. The second-order valence-corrected chi connectivity index (χ2v) is 4.96. The summed E-state index contributed by atoms with van der Waals surface area (Å²) < 4.78 is 13.5. The second kappa shape index (κ2) is 6.88. The first-order valence-corrected chi connectivity index (χ1v) is 7.02. The number of hydrogen-bond donors (Lipinski definition) is 2. The molecular weight excluding hydrogens is 267 g/mol. The average Bonchev–Trinajstić information content (AvgIpc) is 2.49. The molecule has 0 saturated carbocycles. The van der Waals surface area contributed by atoms with Gasteiger partial charge in [0.1, 0.15) is 5.82 Å². The van der Waals surface area contributed by atoms with Crippen molar-refractivity contribution in [1.29, 1.82) is 0 Å². The number of nitrogens with two attached hydrogens (primary N) is 1. The summed E-state index contributed by atoms with van der Waals surface area (Å²) in [5.74, 6) is -1.36. The van der Waals surface area contributed by atoms with E-state index in [0.717, 1.165) is 18.4 Å². The van der Waals surface area contributed by atoms with Crippen molar-refractivity contribution >= 4 is 11.6 Å². The van der Waals surface area contributed by atoms with Crippen LogP contribution in [0.4, 0.5) is 10.1 Å². The van der Waals surface area contributed by atoms with Crippen LogP contribution >= 0.6 is 0 Å². The highest BCUT2D eigenvalue weighted by Crippen LogP contribution is 2.25. The molecule has 2 aromatic carbocycles. The maximum absolute atomic E-state index is 13.5. The lowest BCUT2D eigenvalue weighted by molar-refractivity contribution is 0.0996. The lowest BCUT2D eigenvalue weighted by Gasteiger charge is -2.20. The molecule has 0 heterocycles. The van der Waals surface area contributed by atoms with Gasteiger partial charge in [0, 0.05) is 5.69 Å². The third-order valence-corrected chi connectivity index (χ3v) is 3.35. The molecule has 1 atom stereocenters. The quantitative estimate of drug-likeness (QED) is 0.846. The van der Waals surface area contributed by atoms with Crippen molar-refractivity contribution in [3.8, 4) is 0 Å². The van der Waals surface area contributed by atoms with E-state index in [9.17, 15) is 9.18 Å². The zero-order chi connectivity index (χ0) is 15.2. The van der Waals surface area contributed by atoms with E-state index in [0.29, 0.717) is 5.69 Å². The molecule has 0 bridgehead atoms. The number of benzene rings is 2. The summed E-state index contributed by atoms with van der Waals surface area (Å²) in [4.78, 5) is 11.2. The minimum absolute atomic E-state index is 0.0942. The number of halogens is 1. The predicted molar refractivity (Wildman–Crippen MR) is 82.6 cm³/mol. The van der Waals surface area contributed by atoms with Gasteiger partial charge < -0.3 is 11.1 Å². The Balaban J connectivity index is 2.25. The number of amides is 1. The molecular formula is C17H19FN2O. The molecule has 1 unspecified atom stereocenters. The number of nitrogens with one attached hydrogen (secondary N) is 1. The van der Waals surface area contributed by atoms with Crippen LogP contribution in [0.15, 0.2) is 48.5 Å². The van der Waals surface area contributed by atoms with Gasteiger partial charge in [0.05, 0.1) is 11.6 Å². The van der Waals surface area contributed by atoms with Crippen LogP contribution in [0, 0.1) is 5.82 Å². The number of rotatable bonds is 6. The molecule has 4 heteroatoms. The smallest absolute Gasteiger partial charge is 0.251 e. The zero-order valence-corrected chi connectivity index (χ0v) is 12.0. The average molecular weight is 286 g/mol. The van der Waals surface area contributed by atoms with Crippen LogP contribution in [0.1, 0.15) is 41.7 Å². The number of carbonyl (C=O) groups excluding carboxylic acids is 1. The van der Waals surface area contributed by atoms with Gasteiger partial charge in [0.25, 0.3) is 5.91 Å². The van der Waals surface area contributed by atoms with Crippen molar-refractivity contribution in [2.24, 2.45) is 5.73 Å². The molecule has 21 heavy (non-hydrogen) atoms. The fourth-order valence-corrected chi connectivity index (χ4v) is 2.30. The first-order valence-electron chi connectivity index (χ1n) is 7.02. The molecule has 0 aromatic heterocycles. The van der Waals surface area contributed by atoms with E-state index in [-0.39, 0.29) is 11.6 Å². The highest BCUT2D eigenvalue weighted by Gasteiger charge is 2.13. The van der Waals surface area contributed by atoms with E-state index in [1.54, 1.807) is 6.07 Å². The Bertz CT molecular complexity index is 613. The molecule has 2 aromatic rings. The van der Waals surface area contributed by atoms with E-state index in [2.05, 4.69) is 12.2 Å². The first-order chi connectivity index (χ1) is 10.1. The van der Waals surface area contributed by atoms with Gasteiger partial charge in [-0.15, -0.1) is 0 Å². The topological polar surface area (TPSA) is 55.1 Å². The SMILES string of the molecule is CCCC(Nc1ccc(F)c(C(N)=O)c1)c1ccccc1. The minimum atomic E-state index is -0.761. The minimum Gasteiger partial charge on any atom is -0.378 e. The van der Waals surface area contributed by atoms with E-state index in [1.165, 1.54) is 12.1 Å². The summed E-state index contributed by atoms with van der Waals surface area (Å²) in [6.07, 6.45) is 1.95. The highest BCUT2D eigenvalue weighted by molar-refractivity contribution is 5.94. The van der Waals surface area contributed by atoms with Crippen molar-refractivity contribution in [3.05, 3.63) is 65.5 Å². The predicted octanol–water partition coefficient (Wildman–Crippen LogP) is 3.88. The van der Waals surface area contributed by atoms with Crippen LogP contribution in [0.25, 0.3) is 0 Å². The molecule has 0 fully saturated rings. The Morgan fingerprint density at radius 2 is 1.95 bits per heavy atom. The van der Waals surface area contributed by atoms with E-state index in [4.69, 9.17) is 5.73 Å². The fraction of sp³-hybridized carbons (Fsp3) is 0.235. The molecule has 0 radical (unpaired) electrons. The Labute approximate surface area is 124 Å². The zero-order valence-electron chi connectivity index (χ0n) is 12.0. The van der Waals surface area contributed by atoms with Crippen molar-refractivity contribution < 1.29 is 9.18 Å². The summed E-state index contributed by atoms with van der Waals surface area (Å²) in [5.41, 5.74) is 6.93. The molecule has 2 rings (SSSR count). The summed E-state index contributed by atoms with van der Waals surface area (Å²) >= 11 is 0. The largest absolute Gasteiger partial charge is 0.378 e. The Kier molecular flexibility index (Phi) is 4.93. The molecule has 0 aliphatic rings. The Morgan fingerprint density at radius 3 is 2.57 bits per heavy atom. The van der Waals surface area contributed by atoms with Crippen LogP contribution < -0.4 is 11.1 Å². The molecule has 1 amide bonds. The molecule has 0 aliphatic heterocycles. The maximum Gasteiger partial charge on any atom is 0.251 e. The summed E-state index contributed by atoms with van der Waals surface area (Å²) in [6, 6.07) is 14.5. The van der Waals surface area contributed by atoms with E-state index < -0.39 is 11.7 Å². The molecule has 3 nitrogen and oxygen atoms in total. The van der Waals surface area contributed by atoms with Gasteiger partial charge in [-0.1, -0.05) is 43.7 Å². The van der Waals surface area contributed by atoms with Crippen LogP contribution in [0.5, 0.6) is 0 Å². The second-order valence-electron chi connectivity index (χ2n) is 4.96. The number of carbonyl (C=O) groups is 1. The van der Waals surface area contributed by atoms with Crippen molar-refractivity contribution in [2.45, 2.75) is 25.8 Å². The van der Waals surface area contributed by atoms with Crippen LogP contribution in [0.2, 0.25) is 0 Å².